The molecule has 0 aromatic rings. The first kappa shape index (κ1) is 16.6. The molecule has 0 bridgehead atoms. The highest BCUT2D eigenvalue weighted by Crippen LogP contribution is 2.21. The van der Waals surface area contributed by atoms with Gasteiger partial charge >= 0.3 is 12.0 Å². The van der Waals surface area contributed by atoms with Crippen LogP contribution in [0.15, 0.2) is 0 Å². The van der Waals surface area contributed by atoms with Gasteiger partial charge in [0.15, 0.2) is 0 Å². The molecule has 1 N–H and O–H groups in total. The number of aliphatic carboxylic acids is 1. The summed E-state index contributed by atoms with van der Waals surface area (Å²) in [5, 5.41) is 9.02. The molecule has 2 atom stereocenters. The molecule has 0 aliphatic carbocycles. The zero-order valence-electron chi connectivity index (χ0n) is 13.3. The van der Waals surface area contributed by atoms with Gasteiger partial charge in [0.05, 0.1) is 5.92 Å². The second-order valence-corrected chi connectivity index (χ2v) is 6.23. The summed E-state index contributed by atoms with van der Waals surface area (Å²) in [5.41, 5.74) is 0. The van der Waals surface area contributed by atoms with Crippen molar-refractivity contribution in [2.45, 2.75) is 38.6 Å². The van der Waals surface area contributed by atoms with Crippen molar-refractivity contribution in [3.63, 3.8) is 0 Å². The van der Waals surface area contributed by atoms with Gasteiger partial charge in [-0.1, -0.05) is 0 Å². The van der Waals surface area contributed by atoms with Crippen LogP contribution in [0.1, 0.15) is 32.6 Å². The molecule has 2 aliphatic rings. The van der Waals surface area contributed by atoms with E-state index in [1.807, 2.05) is 4.90 Å². The molecule has 0 saturated carbocycles. The number of carboxylic acids is 1. The van der Waals surface area contributed by atoms with Gasteiger partial charge in [0.25, 0.3) is 0 Å². The molecule has 124 valence electrons. The van der Waals surface area contributed by atoms with Crippen LogP contribution in [-0.2, 0) is 9.59 Å². The minimum absolute atomic E-state index is 0.0175. The van der Waals surface area contributed by atoms with E-state index < -0.39 is 12.0 Å². The standard InChI is InChI=1S/C15H25N3O4/c1-11(14(20)21)16(2)13(19)12-6-5-9-18(10-12)15(22)17-7-3-4-8-17/h11-12H,3-10H2,1-2H3,(H,20,21). The van der Waals surface area contributed by atoms with Crippen LogP contribution in [-0.4, -0.2) is 77.0 Å². The Kier molecular flexibility index (Phi) is 5.26. The fourth-order valence-corrected chi connectivity index (χ4v) is 3.11. The summed E-state index contributed by atoms with van der Waals surface area (Å²) in [5.74, 6) is -1.50. The van der Waals surface area contributed by atoms with Crippen LogP contribution < -0.4 is 0 Å². The van der Waals surface area contributed by atoms with Crippen LogP contribution in [0, 0.1) is 5.92 Å². The average molecular weight is 311 g/mol. The fourth-order valence-electron chi connectivity index (χ4n) is 3.11. The van der Waals surface area contributed by atoms with Crippen LogP contribution in [0.5, 0.6) is 0 Å². The fraction of sp³-hybridized carbons (Fsp3) is 0.800. The van der Waals surface area contributed by atoms with E-state index in [4.69, 9.17) is 5.11 Å². The van der Waals surface area contributed by atoms with E-state index in [1.165, 1.54) is 18.9 Å². The Labute approximate surface area is 130 Å². The Morgan fingerprint density at radius 3 is 2.27 bits per heavy atom. The lowest BCUT2D eigenvalue weighted by molar-refractivity contribution is -0.150. The van der Waals surface area contributed by atoms with Crippen molar-refractivity contribution in [3.8, 4) is 0 Å². The normalized spacial score (nSPS) is 23.3. The van der Waals surface area contributed by atoms with E-state index in [2.05, 4.69) is 0 Å². The van der Waals surface area contributed by atoms with Crippen molar-refractivity contribution >= 4 is 17.9 Å². The maximum absolute atomic E-state index is 12.4. The van der Waals surface area contributed by atoms with Crippen molar-refractivity contribution in [2.24, 2.45) is 5.92 Å². The number of hydrogen-bond donors (Lipinski definition) is 1. The summed E-state index contributed by atoms with van der Waals surface area (Å²) in [6.07, 6.45) is 3.58. The van der Waals surface area contributed by atoms with Gasteiger partial charge in [0.1, 0.15) is 6.04 Å². The molecule has 2 fully saturated rings. The van der Waals surface area contributed by atoms with E-state index in [1.54, 1.807) is 4.90 Å². The van der Waals surface area contributed by atoms with E-state index in [0.717, 1.165) is 32.4 Å². The molecular weight excluding hydrogens is 286 g/mol. The highest BCUT2D eigenvalue weighted by Gasteiger charge is 2.34. The minimum Gasteiger partial charge on any atom is -0.480 e. The lowest BCUT2D eigenvalue weighted by atomic mass is 9.96. The van der Waals surface area contributed by atoms with E-state index in [0.29, 0.717) is 19.5 Å². The molecule has 0 spiro atoms. The Morgan fingerprint density at radius 2 is 1.68 bits per heavy atom. The molecule has 2 aliphatic heterocycles. The molecule has 2 rings (SSSR count). The topological polar surface area (TPSA) is 81.2 Å². The van der Waals surface area contributed by atoms with Gasteiger partial charge in [-0.05, 0) is 32.6 Å². The van der Waals surface area contributed by atoms with Crippen molar-refractivity contribution in [2.75, 3.05) is 33.2 Å². The summed E-state index contributed by atoms with van der Waals surface area (Å²) >= 11 is 0. The SMILES string of the molecule is CC(C(=O)O)N(C)C(=O)C1CCCN(C(=O)N2CCCC2)C1. The van der Waals surface area contributed by atoms with Crippen molar-refractivity contribution < 1.29 is 19.5 Å². The lowest BCUT2D eigenvalue weighted by Gasteiger charge is -2.36. The molecule has 0 radical (unpaired) electrons. The van der Waals surface area contributed by atoms with Gasteiger partial charge in [0, 0.05) is 33.2 Å². The van der Waals surface area contributed by atoms with Crippen LogP contribution in [0.2, 0.25) is 0 Å². The van der Waals surface area contributed by atoms with Crippen LogP contribution in [0.25, 0.3) is 0 Å². The van der Waals surface area contributed by atoms with Gasteiger partial charge in [0.2, 0.25) is 5.91 Å². The highest BCUT2D eigenvalue weighted by atomic mass is 16.4. The number of likely N-dealkylation sites (N-methyl/N-ethyl adjacent to an activating group) is 1. The molecule has 0 aromatic carbocycles. The number of piperidine rings is 1. The first-order valence-corrected chi connectivity index (χ1v) is 7.95. The first-order valence-electron chi connectivity index (χ1n) is 7.95. The Morgan fingerprint density at radius 1 is 1.09 bits per heavy atom. The Hall–Kier alpha value is -1.79. The zero-order chi connectivity index (χ0) is 16.3. The highest BCUT2D eigenvalue weighted by molar-refractivity contribution is 5.85. The van der Waals surface area contributed by atoms with Gasteiger partial charge in [-0.25, -0.2) is 9.59 Å². The molecular formula is C15H25N3O4. The first-order chi connectivity index (χ1) is 10.4. The smallest absolute Gasteiger partial charge is 0.326 e. The van der Waals surface area contributed by atoms with Crippen molar-refractivity contribution in [1.29, 1.82) is 0 Å². The third-order valence-corrected chi connectivity index (χ3v) is 4.70. The maximum Gasteiger partial charge on any atom is 0.326 e. The number of urea groups is 1. The van der Waals surface area contributed by atoms with Crippen LogP contribution in [0.4, 0.5) is 4.79 Å². The minimum atomic E-state index is -1.02. The Balaban J connectivity index is 1.96. The number of hydrogen-bond acceptors (Lipinski definition) is 3. The molecule has 2 saturated heterocycles. The molecule has 22 heavy (non-hydrogen) atoms. The number of carbonyl (C=O) groups excluding carboxylic acids is 2. The molecule has 2 unspecified atom stereocenters. The molecule has 2 heterocycles. The summed E-state index contributed by atoms with van der Waals surface area (Å²) in [4.78, 5) is 40.7. The third-order valence-electron chi connectivity index (χ3n) is 4.70. The number of likely N-dealkylation sites (tertiary alicyclic amines) is 2. The quantitative estimate of drug-likeness (QED) is 0.837. The second kappa shape index (κ2) is 6.98. The average Bonchev–Trinajstić information content (AvgIpc) is 3.06. The molecule has 7 heteroatoms. The predicted octanol–water partition coefficient (Wildman–Crippen LogP) is 0.846. The van der Waals surface area contributed by atoms with Gasteiger partial charge < -0.3 is 19.8 Å². The summed E-state index contributed by atoms with van der Waals surface area (Å²) in [6, 6.07) is -0.832. The summed E-state index contributed by atoms with van der Waals surface area (Å²) < 4.78 is 0. The lowest BCUT2D eigenvalue weighted by Crippen LogP contribution is -2.51. The summed E-state index contributed by atoms with van der Waals surface area (Å²) in [7, 11) is 1.52. The molecule has 0 aromatic heterocycles. The Bertz CT molecular complexity index is 448. The van der Waals surface area contributed by atoms with E-state index >= 15 is 0 Å². The summed E-state index contributed by atoms with van der Waals surface area (Å²) in [6.45, 7) is 4.16. The number of rotatable bonds is 3. The second-order valence-electron chi connectivity index (χ2n) is 6.23. The predicted molar refractivity (Wildman–Crippen MR) is 80.4 cm³/mol. The van der Waals surface area contributed by atoms with E-state index in [-0.39, 0.29) is 17.9 Å². The monoisotopic (exact) mass is 311 g/mol. The number of amides is 3. The maximum atomic E-state index is 12.4. The molecule has 3 amide bonds. The number of carbonyl (C=O) groups is 3. The van der Waals surface area contributed by atoms with Crippen LogP contribution >= 0.6 is 0 Å². The zero-order valence-corrected chi connectivity index (χ0v) is 13.3. The largest absolute Gasteiger partial charge is 0.480 e. The molecule has 7 nitrogen and oxygen atoms in total. The van der Waals surface area contributed by atoms with Gasteiger partial charge in [-0.2, -0.15) is 0 Å². The van der Waals surface area contributed by atoms with Gasteiger partial charge in [-0.3, -0.25) is 4.79 Å². The van der Waals surface area contributed by atoms with Crippen molar-refractivity contribution in [3.05, 3.63) is 0 Å². The van der Waals surface area contributed by atoms with Gasteiger partial charge in [-0.15, -0.1) is 0 Å². The third kappa shape index (κ3) is 3.51. The van der Waals surface area contributed by atoms with E-state index in [9.17, 15) is 14.4 Å². The van der Waals surface area contributed by atoms with Crippen LogP contribution in [0.3, 0.4) is 0 Å². The number of carboxylic acid groups (broad SMARTS) is 1. The number of nitrogens with zero attached hydrogens (tertiary/aromatic N) is 3. The van der Waals surface area contributed by atoms with Crippen molar-refractivity contribution in [1.82, 2.24) is 14.7 Å².